The summed E-state index contributed by atoms with van der Waals surface area (Å²) in [7, 11) is 1.80. The molecule has 0 radical (unpaired) electrons. The van der Waals surface area contributed by atoms with Crippen molar-refractivity contribution in [2.45, 2.75) is 63.5 Å². The molecule has 3 amide bonds. The Hall–Kier alpha value is -2.57. The molecule has 3 unspecified atom stereocenters. The number of hydrogen-bond donors (Lipinski definition) is 1. The van der Waals surface area contributed by atoms with Crippen molar-refractivity contribution >= 4 is 17.7 Å². The quantitative estimate of drug-likeness (QED) is 0.804. The van der Waals surface area contributed by atoms with Crippen molar-refractivity contribution in [1.82, 2.24) is 15.1 Å². The van der Waals surface area contributed by atoms with Crippen LogP contribution >= 0.6 is 0 Å². The van der Waals surface area contributed by atoms with Crippen LogP contribution in [0.25, 0.3) is 0 Å². The second-order valence-electron chi connectivity index (χ2n) is 9.44. The number of para-hydroxylation sites is 1. The molecule has 2 fully saturated rings. The van der Waals surface area contributed by atoms with E-state index in [0.717, 1.165) is 19.3 Å². The molecule has 1 aliphatic carbocycles. The fourth-order valence-electron chi connectivity index (χ4n) is 5.08. The Morgan fingerprint density at radius 3 is 2.77 bits per heavy atom. The SMILES string of the molecule is CC1CCCCC1NC(=O)CN1CC2(CCC(=O)N(C)CC2)Oc2ccccc2C1=O. The van der Waals surface area contributed by atoms with E-state index in [4.69, 9.17) is 4.74 Å². The molecule has 1 spiro atoms. The van der Waals surface area contributed by atoms with Crippen molar-refractivity contribution in [2.75, 3.05) is 26.7 Å². The maximum atomic E-state index is 13.4. The Morgan fingerprint density at radius 2 is 1.97 bits per heavy atom. The molecular weight excluding hydrogens is 394 g/mol. The van der Waals surface area contributed by atoms with Crippen LogP contribution in [-0.4, -0.2) is 65.8 Å². The van der Waals surface area contributed by atoms with E-state index >= 15 is 0 Å². The molecule has 1 saturated heterocycles. The number of amides is 3. The van der Waals surface area contributed by atoms with Gasteiger partial charge in [0.1, 0.15) is 17.9 Å². The van der Waals surface area contributed by atoms with Crippen LogP contribution in [0, 0.1) is 5.92 Å². The van der Waals surface area contributed by atoms with Gasteiger partial charge in [0, 0.05) is 32.5 Å². The highest BCUT2D eigenvalue weighted by Crippen LogP contribution is 2.35. The summed E-state index contributed by atoms with van der Waals surface area (Å²) in [5.74, 6) is 0.760. The Labute approximate surface area is 184 Å². The summed E-state index contributed by atoms with van der Waals surface area (Å²) >= 11 is 0. The number of carbonyl (C=O) groups excluding carboxylic acids is 3. The second kappa shape index (κ2) is 8.89. The van der Waals surface area contributed by atoms with Gasteiger partial charge in [-0.3, -0.25) is 14.4 Å². The Morgan fingerprint density at radius 1 is 1.19 bits per heavy atom. The minimum absolute atomic E-state index is 0.00524. The molecule has 4 rings (SSSR count). The lowest BCUT2D eigenvalue weighted by atomic mass is 9.86. The predicted molar refractivity (Wildman–Crippen MR) is 117 cm³/mol. The van der Waals surface area contributed by atoms with Gasteiger partial charge in [-0.05, 0) is 37.3 Å². The van der Waals surface area contributed by atoms with Crippen LogP contribution in [0.1, 0.15) is 62.2 Å². The number of carbonyl (C=O) groups is 3. The number of likely N-dealkylation sites (tertiary alicyclic amines) is 1. The molecule has 7 nitrogen and oxygen atoms in total. The average Bonchev–Trinajstić information content (AvgIpc) is 2.96. The van der Waals surface area contributed by atoms with Gasteiger partial charge in [0.2, 0.25) is 11.8 Å². The van der Waals surface area contributed by atoms with E-state index in [9.17, 15) is 14.4 Å². The summed E-state index contributed by atoms with van der Waals surface area (Å²) < 4.78 is 6.44. The van der Waals surface area contributed by atoms with Crippen LogP contribution in [0.15, 0.2) is 24.3 Å². The van der Waals surface area contributed by atoms with Crippen molar-refractivity contribution in [2.24, 2.45) is 5.92 Å². The minimum atomic E-state index is -0.679. The smallest absolute Gasteiger partial charge is 0.258 e. The molecule has 1 saturated carbocycles. The predicted octanol–water partition coefficient (Wildman–Crippen LogP) is 2.60. The highest BCUT2D eigenvalue weighted by atomic mass is 16.5. The maximum Gasteiger partial charge on any atom is 0.258 e. The molecule has 1 N–H and O–H groups in total. The number of rotatable bonds is 3. The topological polar surface area (TPSA) is 79.0 Å². The summed E-state index contributed by atoms with van der Waals surface area (Å²) in [6.07, 6.45) is 5.97. The van der Waals surface area contributed by atoms with Crippen LogP contribution in [0.5, 0.6) is 5.75 Å². The van der Waals surface area contributed by atoms with Gasteiger partial charge in [-0.15, -0.1) is 0 Å². The number of fused-ring (bicyclic) bond motifs is 1. The van der Waals surface area contributed by atoms with E-state index in [1.54, 1.807) is 29.0 Å². The molecule has 2 aliphatic heterocycles. The minimum Gasteiger partial charge on any atom is -0.485 e. The molecule has 3 atom stereocenters. The van der Waals surface area contributed by atoms with Crippen LogP contribution in [0.2, 0.25) is 0 Å². The van der Waals surface area contributed by atoms with E-state index < -0.39 is 5.60 Å². The lowest BCUT2D eigenvalue weighted by molar-refractivity contribution is -0.129. The van der Waals surface area contributed by atoms with Gasteiger partial charge in [0.25, 0.3) is 5.91 Å². The first-order valence-electron chi connectivity index (χ1n) is 11.5. The normalized spacial score (nSPS) is 29.1. The number of hydrogen-bond acceptors (Lipinski definition) is 4. The Kier molecular flexibility index (Phi) is 6.21. The number of nitrogens with one attached hydrogen (secondary N) is 1. The first-order valence-corrected chi connectivity index (χ1v) is 11.5. The molecule has 1 aromatic carbocycles. The van der Waals surface area contributed by atoms with Gasteiger partial charge in [-0.25, -0.2) is 0 Å². The molecule has 1 aromatic rings. The van der Waals surface area contributed by atoms with Crippen molar-refractivity contribution in [3.8, 4) is 5.75 Å². The second-order valence-corrected chi connectivity index (χ2v) is 9.44. The van der Waals surface area contributed by atoms with Gasteiger partial charge < -0.3 is 19.9 Å². The standard InChI is InChI=1S/C24H33N3O4/c1-17-7-3-5-9-19(17)25-21(28)15-27-16-24(12-11-22(29)26(2)14-13-24)31-20-10-6-4-8-18(20)23(27)30/h4,6,8,10,17,19H,3,5,7,9,11-16H2,1-2H3,(H,25,28). The van der Waals surface area contributed by atoms with E-state index in [-0.39, 0.29) is 30.3 Å². The van der Waals surface area contributed by atoms with Crippen LogP contribution in [-0.2, 0) is 9.59 Å². The van der Waals surface area contributed by atoms with Crippen molar-refractivity contribution in [3.05, 3.63) is 29.8 Å². The highest BCUT2D eigenvalue weighted by Gasteiger charge is 2.43. The summed E-state index contributed by atoms with van der Waals surface area (Å²) in [4.78, 5) is 41.9. The van der Waals surface area contributed by atoms with Crippen molar-refractivity contribution in [3.63, 3.8) is 0 Å². The molecule has 31 heavy (non-hydrogen) atoms. The summed E-state index contributed by atoms with van der Waals surface area (Å²) in [5, 5.41) is 3.16. The lowest BCUT2D eigenvalue weighted by Crippen LogP contribution is -2.52. The zero-order chi connectivity index (χ0) is 22.0. The fraction of sp³-hybridized carbons (Fsp3) is 0.625. The van der Waals surface area contributed by atoms with Gasteiger partial charge in [0.15, 0.2) is 0 Å². The first kappa shape index (κ1) is 21.7. The van der Waals surface area contributed by atoms with E-state index in [0.29, 0.717) is 49.6 Å². The fourth-order valence-corrected chi connectivity index (χ4v) is 5.08. The van der Waals surface area contributed by atoms with Gasteiger partial charge in [-0.2, -0.15) is 0 Å². The number of nitrogens with zero attached hydrogens (tertiary/aromatic N) is 2. The summed E-state index contributed by atoms with van der Waals surface area (Å²) in [5.41, 5.74) is -0.205. The largest absolute Gasteiger partial charge is 0.485 e. The third kappa shape index (κ3) is 4.70. The van der Waals surface area contributed by atoms with Crippen LogP contribution in [0.4, 0.5) is 0 Å². The highest BCUT2D eigenvalue weighted by molar-refractivity contribution is 5.99. The van der Waals surface area contributed by atoms with E-state index in [1.165, 1.54) is 6.42 Å². The first-order chi connectivity index (χ1) is 14.9. The van der Waals surface area contributed by atoms with Gasteiger partial charge in [0.05, 0.1) is 12.1 Å². The number of benzene rings is 1. The summed E-state index contributed by atoms with van der Waals surface area (Å²) in [6.45, 7) is 3.05. The van der Waals surface area contributed by atoms with Gasteiger partial charge >= 0.3 is 0 Å². The molecule has 3 aliphatic rings. The lowest BCUT2D eigenvalue weighted by Gasteiger charge is -2.35. The average molecular weight is 428 g/mol. The molecule has 7 heteroatoms. The van der Waals surface area contributed by atoms with Crippen LogP contribution < -0.4 is 10.1 Å². The third-order valence-corrected chi connectivity index (χ3v) is 7.13. The van der Waals surface area contributed by atoms with Gasteiger partial charge in [-0.1, -0.05) is 31.9 Å². The molecule has 2 heterocycles. The summed E-state index contributed by atoms with van der Waals surface area (Å²) in [6, 6.07) is 7.38. The Balaban J connectivity index is 1.56. The van der Waals surface area contributed by atoms with E-state index in [1.807, 2.05) is 12.1 Å². The van der Waals surface area contributed by atoms with Crippen molar-refractivity contribution < 1.29 is 19.1 Å². The van der Waals surface area contributed by atoms with E-state index in [2.05, 4.69) is 12.2 Å². The van der Waals surface area contributed by atoms with Crippen molar-refractivity contribution in [1.29, 1.82) is 0 Å². The molecule has 0 bridgehead atoms. The monoisotopic (exact) mass is 427 g/mol. The van der Waals surface area contributed by atoms with Crippen LogP contribution in [0.3, 0.4) is 0 Å². The third-order valence-electron chi connectivity index (χ3n) is 7.13. The number of ether oxygens (including phenoxy) is 1. The Bertz CT molecular complexity index is 857. The molecule has 168 valence electrons. The zero-order valence-corrected chi connectivity index (χ0v) is 18.6. The molecular formula is C24H33N3O4. The zero-order valence-electron chi connectivity index (χ0n) is 18.6. The maximum absolute atomic E-state index is 13.4. The molecule has 0 aromatic heterocycles.